The maximum Gasteiger partial charge on any atom is 0.187 e. The number of hydrogen-bond donors (Lipinski definition) is 1. The number of benzene rings is 2. The summed E-state index contributed by atoms with van der Waals surface area (Å²) < 4.78 is 10.1. The molecular formula is C17H17NO3. The molecule has 4 nitrogen and oxygen atoms in total. The molecule has 2 aromatic carbocycles. The number of hydrogen-bond acceptors (Lipinski definition) is 4. The Morgan fingerprint density at radius 2 is 1.29 bits per heavy atom. The molecule has 0 amide bonds. The van der Waals surface area contributed by atoms with E-state index in [4.69, 9.17) is 15.2 Å². The molecule has 0 atom stereocenters. The predicted molar refractivity (Wildman–Crippen MR) is 82.5 cm³/mol. The van der Waals surface area contributed by atoms with Gasteiger partial charge in [0.25, 0.3) is 0 Å². The van der Waals surface area contributed by atoms with Crippen molar-refractivity contribution in [3.8, 4) is 11.5 Å². The van der Waals surface area contributed by atoms with Crippen molar-refractivity contribution in [2.45, 2.75) is 0 Å². The Kier molecular flexibility index (Phi) is 4.61. The summed E-state index contributed by atoms with van der Waals surface area (Å²) in [4.78, 5) is 12.1. The van der Waals surface area contributed by atoms with Crippen LogP contribution in [0.15, 0.2) is 54.6 Å². The lowest BCUT2D eigenvalue weighted by molar-refractivity contribution is 0.104. The highest BCUT2D eigenvalue weighted by Gasteiger charge is 2.05. The Bertz CT molecular complexity index is 643. The Hall–Kier alpha value is -2.75. The average molecular weight is 283 g/mol. The Morgan fingerprint density at radius 3 is 1.71 bits per heavy atom. The van der Waals surface area contributed by atoms with E-state index >= 15 is 0 Å². The van der Waals surface area contributed by atoms with Gasteiger partial charge in [-0.3, -0.25) is 4.79 Å². The zero-order chi connectivity index (χ0) is 15.2. The van der Waals surface area contributed by atoms with E-state index < -0.39 is 0 Å². The second-order valence-electron chi connectivity index (χ2n) is 4.42. The van der Waals surface area contributed by atoms with Crippen molar-refractivity contribution in [3.05, 3.63) is 65.7 Å². The van der Waals surface area contributed by atoms with Gasteiger partial charge < -0.3 is 15.2 Å². The van der Waals surface area contributed by atoms with Crippen LogP contribution in [0.4, 0.5) is 0 Å². The van der Waals surface area contributed by atoms with Crippen LogP contribution in [0.5, 0.6) is 11.5 Å². The van der Waals surface area contributed by atoms with Crippen LogP contribution < -0.4 is 15.2 Å². The van der Waals surface area contributed by atoms with E-state index in [1.807, 2.05) is 12.1 Å². The van der Waals surface area contributed by atoms with Gasteiger partial charge in [-0.2, -0.15) is 0 Å². The maximum absolute atomic E-state index is 12.1. The van der Waals surface area contributed by atoms with Crippen LogP contribution in [0.1, 0.15) is 15.9 Å². The van der Waals surface area contributed by atoms with Crippen LogP contribution >= 0.6 is 0 Å². The summed E-state index contributed by atoms with van der Waals surface area (Å²) in [7, 11) is 3.18. The molecule has 0 saturated heterocycles. The number of allylic oxidation sites excluding steroid dienone is 1. The highest BCUT2D eigenvalue weighted by atomic mass is 16.5. The summed E-state index contributed by atoms with van der Waals surface area (Å²) in [5, 5.41) is 0. The topological polar surface area (TPSA) is 61.5 Å². The summed E-state index contributed by atoms with van der Waals surface area (Å²) in [6.45, 7) is 0. The molecule has 0 aromatic heterocycles. The number of carbonyl (C=O) groups excluding carboxylic acids is 1. The SMILES string of the molecule is COc1ccc(C(=O)/C=C(\N)c2ccc(OC)cc2)cc1. The first-order valence-electron chi connectivity index (χ1n) is 6.44. The van der Waals surface area contributed by atoms with Crippen LogP contribution in [0.3, 0.4) is 0 Å². The highest BCUT2D eigenvalue weighted by molar-refractivity contribution is 6.08. The smallest absolute Gasteiger partial charge is 0.187 e. The average Bonchev–Trinajstić information content (AvgIpc) is 2.55. The van der Waals surface area contributed by atoms with Crippen molar-refractivity contribution in [2.75, 3.05) is 14.2 Å². The van der Waals surface area contributed by atoms with Crippen molar-refractivity contribution in [3.63, 3.8) is 0 Å². The summed E-state index contributed by atoms with van der Waals surface area (Å²) in [5.74, 6) is 1.30. The minimum absolute atomic E-state index is 0.147. The molecular weight excluding hydrogens is 266 g/mol. The van der Waals surface area contributed by atoms with Gasteiger partial charge in [-0.05, 0) is 54.1 Å². The van der Waals surface area contributed by atoms with E-state index in [0.29, 0.717) is 17.0 Å². The summed E-state index contributed by atoms with van der Waals surface area (Å²) in [6, 6.07) is 14.1. The van der Waals surface area contributed by atoms with Crippen molar-refractivity contribution < 1.29 is 14.3 Å². The van der Waals surface area contributed by atoms with Crippen molar-refractivity contribution in [1.82, 2.24) is 0 Å². The number of ketones is 1. The molecule has 0 aliphatic carbocycles. The van der Waals surface area contributed by atoms with Gasteiger partial charge in [0, 0.05) is 17.3 Å². The molecule has 0 saturated carbocycles. The van der Waals surface area contributed by atoms with Crippen LogP contribution in [-0.4, -0.2) is 20.0 Å². The fourth-order valence-electron chi connectivity index (χ4n) is 1.85. The van der Waals surface area contributed by atoms with E-state index in [9.17, 15) is 4.79 Å². The van der Waals surface area contributed by atoms with Crippen LogP contribution in [0.2, 0.25) is 0 Å². The fourth-order valence-corrected chi connectivity index (χ4v) is 1.85. The number of rotatable bonds is 5. The van der Waals surface area contributed by atoms with Gasteiger partial charge in [-0.25, -0.2) is 0 Å². The number of methoxy groups -OCH3 is 2. The van der Waals surface area contributed by atoms with Crippen molar-refractivity contribution in [2.24, 2.45) is 5.73 Å². The molecule has 0 radical (unpaired) electrons. The Labute approximate surface area is 123 Å². The molecule has 0 spiro atoms. The lowest BCUT2D eigenvalue weighted by atomic mass is 10.1. The van der Waals surface area contributed by atoms with E-state index in [1.165, 1.54) is 6.08 Å². The van der Waals surface area contributed by atoms with Gasteiger partial charge in [0.1, 0.15) is 11.5 Å². The summed E-state index contributed by atoms with van der Waals surface area (Å²) in [5.41, 5.74) is 7.71. The van der Waals surface area contributed by atoms with E-state index in [0.717, 1.165) is 11.3 Å². The van der Waals surface area contributed by atoms with Gasteiger partial charge >= 0.3 is 0 Å². The largest absolute Gasteiger partial charge is 0.497 e. The zero-order valence-corrected chi connectivity index (χ0v) is 12.0. The molecule has 0 aliphatic heterocycles. The molecule has 0 aliphatic rings. The molecule has 2 N–H and O–H groups in total. The van der Waals surface area contributed by atoms with Gasteiger partial charge in [-0.15, -0.1) is 0 Å². The maximum atomic E-state index is 12.1. The lowest BCUT2D eigenvalue weighted by Crippen LogP contribution is -2.02. The van der Waals surface area contributed by atoms with Crippen molar-refractivity contribution in [1.29, 1.82) is 0 Å². The minimum atomic E-state index is -0.147. The monoisotopic (exact) mass is 283 g/mol. The second-order valence-corrected chi connectivity index (χ2v) is 4.42. The molecule has 2 aromatic rings. The number of carbonyl (C=O) groups is 1. The first-order chi connectivity index (χ1) is 10.1. The molecule has 0 unspecified atom stereocenters. The lowest BCUT2D eigenvalue weighted by Gasteiger charge is -2.04. The molecule has 21 heavy (non-hydrogen) atoms. The first kappa shape index (κ1) is 14.7. The van der Waals surface area contributed by atoms with Gasteiger partial charge in [0.2, 0.25) is 0 Å². The molecule has 4 heteroatoms. The van der Waals surface area contributed by atoms with E-state index in [2.05, 4.69) is 0 Å². The summed E-state index contributed by atoms with van der Waals surface area (Å²) >= 11 is 0. The van der Waals surface area contributed by atoms with E-state index in [-0.39, 0.29) is 5.78 Å². The third-order valence-electron chi connectivity index (χ3n) is 3.08. The summed E-state index contributed by atoms with van der Waals surface area (Å²) in [6.07, 6.45) is 1.42. The van der Waals surface area contributed by atoms with Crippen LogP contribution in [0.25, 0.3) is 5.70 Å². The first-order valence-corrected chi connectivity index (χ1v) is 6.44. The van der Waals surface area contributed by atoms with Gasteiger partial charge in [-0.1, -0.05) is 0 Å². The van der Waals surface area contributed by atoms with E-state index in [1.54, 1.807) is 50.6 Å². The quantitative estimate of drug-likeness (QED) is 0.677. The molecule has 0 heterocycles. The highest BCUT2D eigenvalue weighted by Crippen LogP contribution is 2.17. The minimum Gasteiger partial charge on any atom is -0.497 e. The Balaban J connectivity index is 2.17. The van der Waals surface area contributed by atoms with Crippen LogP contribution in [0, 0.1) is 0 Å². The van der Waals surface area contributed by atoms with Crippen molar-refractivity contribution >= 4 is 11.5 Å². The normalized spacial score (nSPS) is 11.0. The van der Waals surface area contributed by atoms with Crippen LogP contribution in [-0.2, 0) is 0 Å². The fraction of sp³-hybridized carbons (Fsp3) is 0.118. The number of nitrogens with two attached hydrogens (primary N) is 1. The third kappa shape index (κ3) is 3.63. The standard InChI is InChI=1S/C17H17NO3/c1-20-14-7-3-12(4-8-14)16(18)11-17(19)13-5-9-15(21-2)10-6-13/h3-11H,18H2,1-2H3/b16-11-. The third-order valence-corrected chi connectivity index (χ3v) is 3.08. The predicted octanol–water partition coefficient (Wildman–Crippen LogP) is 2.89. The van der Waals surface area contributed by atoms with Gasteiger partial charge in [0.15, 0.2) is 5.78 Å². The molecule has 108 valence electrons. The zero-order valence-electron chi connectivity index (χ0n) is 12.0. The molecule has 2 rings (SSSR count). The van der Waals surface area contributed by atoms with Gasteiger partial charge in [0.05, 0.1) is 14.2 Å². The number of ether oxygens (including phenoxy) is 2. The Morgan fingerprint density at radius 1 is 0.857 bits per heavy atom. The molecule has 0 fully saturated rings. The second kappa shape index (κ2) is 6.61. The molecule has 0 bridgehead atoms.